The minimum atomic E-state index is -0.285. The Labute approximate surface area is 122 Å². The molecule has 0 bridgehead atoms. The number of rotatable bonds is 7. The van der Waals surface area contributed by atoms with Gasteiger partial charge in [-0.1, -0.05) is 6.92 Å². The van der Waals surface area contributed by atoms with Gasteiger partial charge in [0.2, 0.25) is 5.91 Å². The SMILES string of the molecule is CCCN1CCC(N(C)C(=O)CCC(=O)OCC)CC1. The largest absolute Gasteiger partial charge is 0.466 e. The lowest BCUT2D eigenvalue weighted by atomic mass is 10.0. The molecule has 5 heteroatoms. The average Bonchev–Trinajstić information content (AvgIpc) is 2.45. The predicted octanol–water partition coefficient (Wildman–Crippen LogP) is 1.66. The third-order valence-electron chi connectivity index (χ3n) is 3.89. The molecule has 0 aliphatic carbocycles. The van der Waals surface area contributed by atoms with Crippen LogP contribution < -0.4 is 0 Å². The Morgan fingerprint density at radius 2 is 1.85 bits per heavy atom. The highest BCUT2D eigenvalue weighted by Crippen LogP contribution is 2.16. The second-order valence-corrected chi connectivity index (χ2v) is 5.38. The van der Waals surface area contributed by atoms with Crippen LogP contribution in [-0.4, -0.2) is 61.0 Å². The summed E-state index contributed by atoms with van der Waals surface area (Å²) in [5, 5.41) is 0. The van der Waals surface area contributed by atoms with Crippen LogP contribution in [-0.2, 0) is 14.3 Å². The summed E-state index contributed by atoms with van der Waals surface area (Å²) in [6.07, 6.45) is 3.68. The van der Waals surface area contributed by atoms with Crippen LogP contribution >= 0.6 is 0 Å². The molecule has 1 aliphatic heterocycles. The summed E-state index contributed by atoms with van der Waals surface area (Å²) in [7, 11) is 1.85. The lowest BCUT2D eigenvalue weighted by Gasteiger charge is -2.36. The number of hydrogen-bond acceptors (Lipinski definition) is 4. The number of likely N-dealkylation sites (tertiary alicyclic amines) is 1. The van der Waals surface area contributed by atoms with Crippen LogP contribution in [0.3, 0.4) is 0 Å². The van der Waals surface area contributed by atoms with Crippen molar-refractivity contribution in [2.45, 2.75) is 52.0 Å². The molecular weight excluding hydrogens is 256 g/mol. The number of hydrogen-bond donors (Lipinski definition) is 0. The Hall–Kier alpha value is -1.10. The smallest absolute Gasteiger partial charge is 0.306 e. The zero-order valence-electron chi connectivity index (χ0n) is 13.1. The van der Waals surface area contributed by atoms with E-state index in [1.807, 2.05) is 11.9 Å². The Kier molecular flexibility index (Phi) is 7.59. The van der Waals surface area contributed by atoms with E-state index in [0.717, 1.165) is 32.5 Å². The summed E-state index contributed by atoms with van der Waals surface area (Å²) in [5.74, 6) is -0.237. The third kappa shape index (κ3) is 5.49. The van der Waals surface area contributed by atoms with Crippen LogP contribution in [0.15, 0.2) is 0 Å². The first-order chi connectivity index (χ1) is 9.58. The van der Waals surface area contributed by atoms with E-state index in [-0.39, 0.29) is 24.7 Å². The maximum absolute atomic E-state index is 12.1. The van der Waals surface area contributed by atoms with Crippen molar-refractivity contribution >= 4 is 11.9 Å². The quantitative estimate of drug-likeness (QED) is 0.667. The van der Waals surface area contributed by atoms with E-state index in [1.54, 1.807) is 6.92 Å². The molecule has 0 spiro atoms. The molecule has 0 radical (unpaired) electrons. The number of esters is 1. The maximum Gasteiger partial charge on any atom is 0.306 e. The van der Waals surface area contributed by atoms with Crippen molar-refractivity contribution in [3.63, 3.8) is 0 Å². The van der Waals surface area contributed by atoms with Gasteiger partial charge in [0, 0.05) is 32.6 Å². The van der Waals surface area contributed by atoms with Crippen LogP contribution in [0.1, 0.15) is 46.0 Å². The molecule has 0 aromatic heterocycles. The first-order valence-electron chi connectivity index (χ1n) is 7.72. The number of nitrogens with zero attached hydrogens (tertiary/aromatic N) is 2. The van der Waals surface area contributed by atoms with Gasteiger partial charge in [-0.25, -0.2) is 0 Å². The average molecular weight is 284 g/mol. The Morgan fingerprint density at radius 1 is 1.20 bits per heavy atom. The predicted molar refractivity (Wildman–Crippen MR) is 78.4 cm³/mol. The van der Waals surface area contributed by atoms with Crippen molar-refractivity contribution in [3.8, 4) is 0 Å². The molecular formula is C15H28N2O3. The van der Waals surface area contributed by atoms with Gasteiger partial charge in [0.15, 0.2) is 0 Å². The summed E-state index contributed by atoms with van der Waals surface area (Å²) in [5.41, 5.74) is 0. The van der Waals surface area contributed by atoms with Gasteiger partial charge in [0.25, 0.3) is 0 Å². The molecule has 1 fully saturated rings. The topological polar surface area (TPSA) is 49.9 Å². The molecule has 0 N–H and O–H groups in total. The van der Waals surface area contributed by atoms with Gasteiger partial charge >= 0.3 is 5.97 Å². The Morgan fingerprint density at radius 3 is 2.40 bits per heavy atom. The van der Waals surface area contributed by atoms with E-state index in [0.29, 0.717) is 12.6 Å². The van der Waals surface area contributed by atoms with E-state index < -0.39 is 0 Å². The highest BCUT2D eigenvalue weighted by molar-refractivity contribution is 5.81. The minimum Gasteiger partial charge on any atom is -0.466 e. The molecule has 116 valence electrons. The molecule has 1 aliphatic rings. The van der Waals surface area contributed by atoms with Gasteiger partial charge < -0.3 is 14.5 Å². The summed E-state index contributed by atoms with van der Waals surface area (Å²) < 4.78 is 4.84. The fourth-order valence-electron chi connectivity index (χ4n) is 2.67. The number of carbonyl (C=O) groups excluding carboxylic acids is 2. The van der Waals surface area contributed by atoms with Gasteiger partial charge in [-0.15, -0.1) is 0 Å². The minimum absolute atomic E-state index is 0.0481. The summed E-state index contributed by atoms with van der Waals surface area (Å²) in [4.78, 5) is 27.6. The van der Waals surface area contributed by atoms with Crippen LogP contribution in [0, 0.1) is 0 Å². The van der Waals surface area contributed by atoms with Gasteiger partial charge in [0.05, 0.1) is 13.0 Å². The Bertz CT molecular complexity index is 312. The van der Waals surface area contributed by atoms with Crippen molar-refractivity contribution < 1.29 is 14.3 Å². The summed E-state index contributed by atoms with van der Waals surface area (Å²) >= 11 is 0. The highest BCUT2D eigenvalue weighted by atomic mass is 16.5. The van der Waals surface area contributed by atoms with E-state index in [1.165, 1.54) is 6.42 Å². The second-order valence-electron chi connectivity index (χ2n) is 5.38. The van der Waals surface area contributed by atoms with Crippen molar-refractivity contribution in [1.82, 2.24) is 9.80 Å². The molecule has 0 atom stereocenters. The molecule has 1 heterocycles. The second kappa shape index (κ2) is 8.95. The van der Waals surface area contributed by atoms with Crippen molar-refractivity contribution in [1.29, 1.82) is 0 Å². The van der Waals surface area contributed by atoms with Crippen LogP contribution in [0.5, 0.6) is 0 Å². The van der Waals surface area contributed by atoms with E-state index >= 15 is 0 Å². The van der Waals surface area contributed by atoms with Gasteiger partial charge in [-0.3, -0.25) is 9.59 Å². The van der Waals surface area contributed by atoms with Crippen LogP contribution in [0.2, 0.25) is 0 Å². The first kappa shape index (κ1) is 17.0. The van der Waals surface area contributed by atoms with E-state index in [9.17, 15) is 9.59 Å². The third-order valence-corrected chi connectivity index (χ3v) is 3.89. The fourth-order valence-corrected chi connectivity index (χ4v) is 2.67. The molecule has 0 aromatic carbocycles. The molecule has 1 rings (SSSR count). The van der Waals surface area contributed by atoms with Crippen molar-refractivity contribution in [2.24, 2.45) is 0 Å². The standard InChI is InChI=1S/C15H28N2O3/c1-4-10-17-11-8-13(9-12-17)16(3)14(18)6-7-15(19)20-5-2/h13H,4-12H2,1-3H3. The number of amides is 1. The molecule has 1 amide bonds. The maximum atomic E-state index is 12.1. The lowest BCUT2D eigenvalue weighted by Crippen LogP contribution is -2.45. The summed E-state index contributed by atoms with van der Waals surface area (Å²) in [6.45, 7) is 7.61. The summed E-state index contributed by atoms with van der Waals surface area (Å²) in [6, 6.07) is 0.317. The number of ether oxygens (including phenoxy) is 1. The molecule has 5 nitrogen and oxygen atoms in total. The zero-order chi connectivity index (χ0) is 15.0. The first-order valence-corrected chi connectivity index (χ1v) is 7.72. The monoisotopic (exact) mass is 284 g/mol. The zero-order valence-corrected chi connectivity index (χ0v) is 13.1. The Balaban J connectivity index is 2.29. The van der Waals surface area contributed by atoms with Gasteiger partial charge in [0.1, 0.15) is 0 Å². The van der Waals surface area contributed by atoms with Crippen molar-refractivity contribution in [2.75, 3.05) is 33.3 Å². The van der Waals surface area contributed by atoms with Crippen LogP contribution in [0.4, 0.5) is 0 Å². The van der Waals surface area contributed by atoms with Gasteiger partial charge in [-0.05, 0) is 32.7 Å². The van der Waals surface area contributed by atoms with Crippen LogP contribution in [0.25, 0.3) is 0 Å². The number of piperidine rings is 1. The molecule has 0 unspecified atom stereocenters. The van der Waals surface area contributed by atoms with Gasteiger partial charge in [-0.2, -0.15) is 0 Å². The molecule has 0 saturated carbocycles. The fraction of sp³-hybridized carbons (Fsp3) is 0.867. The number of carbonyl (C=O) groups is 2. The molecule has 20 heavy (non-hydrogen) atoms. The highest BCUT2D eigenvalue weighted by Gasteiger charge is 2.25. The normalized spacial score (nSPS) is 16.9. The van der Waals surface area contributed by atoms with Crippen molar-refractivity contribution in [3.05, 3.63) is 0 Å². The van der Waals surface area contributed by atoms with E-state index in [2.05, 4.69) is 11.8 Å². The molecule has 0 aromatic rings. The van der Waals surface area contributed by atoms with E-state index in [4.69, 9.17) is 4.74 Å². The molecule has 1 saturated heterocycles. The lowest BCUT2D eigenvalue weighted by molar-refractivity contribution is -0.146.